The summed E-state index contributed by atoms with van der Waals surface area (Å²) in [6, 6.07) is 0. The number of thioether (sulfide) groups is 1. The molecular formula is C15H27N3S2. The molecule has 1 atom stereocenters. The highest BCUT2D eigenvalue weighted by Gasteiger charge is 2.27. The van der Waals surface area contributed by atoms with Crippen LogP contribution in [0.3, 0.4) is 0 Å². The van der Waals surface area contributed by atoms with Crippen LogP contribution in [-0.4, -0.2) is 36.1 Å². The molecule has 1 unspecified atom stereocenters. The maximum Gasteiger partial charge on any atom is 0.185 e. The highest BCUT2D eigenvalue weighted by molar-refractivity contribution is 8.00. The first-order valence-corrected chi connectivity index (χ1v) is 9.33. The van der Waals surface area contributed by atoms with Crippen molar-refractivity contribution in [1.29, 1.82) is 0 Å². The van der Waals surface area contributed by atoms with Crippen LogP contribution in [0.25, 0.3) is 0 Å². The van der Waals surface area contributed by atoms with E-state index in [0.717, 1.165) is 24.9 Å². The van der Waals surface area contributed by atoms with Crippen molar-refractivity contribution in [3.8, 4) is 0 Å². The van der Waals surface area contributed by atoms with Crippen LogP contribution in [0.15, 0.2) is 0 Å². The lowest BCUT2D eigenvalue weighted by molar-refractivity contribution is 0.562. The number of hydrogen-bond acceptors (Lipinski definition) is 5. The maximum absolute atomic E-state index is 4.99. The van der Waals surface area contributed by atoms with Crippen molar-refractivity contribution in [3.05, 3.63) is 10.6 Å². The van der Waals surface area contributed by atoms with Gasteiger partial charge in [0.15, 0.2) is 5.13 Å². The molecule has 0 bridgehead atoms. The summed E-state index contributed by atoms with van der Waals surface area (Å²) in [6.07, 6.45) is 1.25. The van der Waals surface area contributed by atoms with Gasteiger partial charge in [0.1, 0.15) is 0 Å². The van der Waals surface area contributed by atoms with E-state index in [0.29, 0.717) is 0 Å². The van der Waals surface area contributed by atoms with Gasteiger partial charge in [-0.2, -0.15) is 11.8 Å². The molecule has 1 aromatic rings. The van der Waals surface area contributed by atoms with E-state index < -0.39 is 0 Å². The van der Waals surface area contributed by atoms with Gasteiger partial charge in [-0.05, 0) is 13.5 Å². The Balaban J connectivity index is 2.24. The smallest absolute Gasteiger partial charge is 0.185 e. The van der Waals surface area contributed by atoms with E-state index >= 15 is 0 Å². The monoisotopic (exact) mass is 313 g/mol. The molecule has 114 valence electrons. The molecule has 0 spiro atoms. The van der Waals surface area contributed by atoms with E-state index in [1.165, 1.54) is 27.9 Å². The summed E-state index contributed by atoms with van der Waals surface area (Å²) in [4.78, 5) is 8.87. The van der Waals surface area contributed by atoms with E-state index in [9.17, 15) is 0 Å². The summed E-state index contributed by atoms with van der Waals surface area (Å²) in [6.45, 7) is 12.3. The quantitative estimate of drug-likeness (QED) is 0.921. The Morgan fingerprint density at radius 3 is 2.75 bits per heavy atom. The van der Waals surface area contributed by atoms with Crippen molar-refractivity contribution in [3.63, 3.8) is 0 Å². The minimum Gasteiger partial charge on any atom is -0.346 e. The Kier molecular flexibility index (Phi) is 5.37. The normalized spacial score (nSPS) is 20.4. The summed E-state index contributed by atoms with van der Waals surface area (Å²) in [5, 5.41) is 5.26. The second-order valence-electron chi connectivity index (χ2n) is 6.40. The lowest BCUT2D eigenvalue weighted by Crippen LogP contribution is -2.37. The lowest BCUT2D eigenvalue weighted by atomic mass is 9.91. The Labute approximate surface area is 131 Å². The average molecular weight is 314 g/mol. The molecular weight excluding hydrogens is 286 g/mol. The van der Waals surface area contributed by atoms with E-state index in [4.69, 9.17) is 4.98 Å². The van der Waals surface area contributed by atoms with Crippen LogP contribution in [0.4, 0.5) is 5.13 Å². The first kappa shape index (κ1) is 16.1. The van der Waals surface area contributed by atoms with Gasteiger partial charge >= 0.3 is 0 Å². The maximum atomic E-state index is 4.99. The molecule has 5 heteroatoms. The van der Waals surface area contributed by atoms with Crippen molar-refractivity contribution in [2.45, 2.75) is 51.3 Å². The van der Waals surface area contributed by atoms with Crippen molar-refractivity contribution >= 4 is 28.2 Å². The van der Waals surface area contributed by atoms with E-state index in [2.05, 4.69) is 49.7 Å². The van der Waals surface area contributed by atoms with Gasteiger partial charge in [0.05, 0.1) is 5.69 Å². The van der Waals surface area contributed by atoms with Crippen molar-refractivity contribution in [2.24, 2.45) is 0 Å². The van der Waals surface area contributed by atoms with Gasteiger partial charge in [0.2, 0.25) is 0 Å². The molecule has 1 fully saturated rings. The highest BCUT2D eigenvalue weighted by atomic mass is 32.2. The zero-order valence-corrected chi connectivity index (χ0v) is 15.0. The van der Waals surface area contributed by atoms with Gasteiger partial charge in [-0.3, -0.25) is 0 Å². The molecule has 0 saturated carbocycles. The molecule has 1 aliphatic rings. The average Bonchev–Trinajstić information content (AvgIpc) is 2.83. The number of nitrogens with zero attached hydrogens (tertiary/aromatic N) is 2. The highest BCUT2D eigenvalue weighted by Crippen LogP contribution is 2.35. The van der Waals surface area contributed by atoms with Gasteiger partial charge in [0, 0.05) is 40.9 Å². The van der Waals surface area contributed by atoms with Crippen LogP contribution < -0.4 is 10.2 Å². The molecule has 0 aliphatic carbocycles. The minimum absolute atomic E-state index is 0.121. The second-order valence-corrected chi connectivity index (χ2v) is 8.87. The fourth-order valence-corrected chi connectivity index (χ4v) is 4.98. The van der Waals surface area contributed by atoms with Crippen LogP contribution in [-0.2, 0) is 12.0 Å². The first-order chi connectivity index (χ1) is 9.45. The largest absolute Gasteiger partial charge is 0.346 e. The van der Waals surface area contributed by atoms with Gasteiger partial charge in [-0.15, -0.1) is 11.3 Å². The SMILES string of the molecule is CCC1CN(c2nc(C(C)(C)C)c(CNC)s2)CCS1. The predicted octanol–water partition coefficient (Wildman–Crippen LogP) is 3.49. The summed E-state index contributed by atoms with van der Waals surface area (Å²) in [7, 11) is 2.01. The summed E-state index contributed by atoms with van der Waals surface area (Å²) >= 11 is 3.98. The first-order valence-electron chi connectivity index (χ1n) is 7.47. The zero-order valence-electron chi connectivity index (χ0n) is 13.3. The molecule has 1 N–H and O–H groups in total. The number of rotatable bonds is 4. The third-order valence-electron chi connectivity index (χ3n) is 3.60. The number of hydrogen-bond donors (Lipinski definition) is 1. The van der Waals surface area contributed by atoms with Crippen molar-refractivity contribution in [1.82, 2.24) is 10.3 Å². The number of thiazole rings is 1. The molecule has 20 heavy (non-hydrogen) atoms. The van der Waals surface area contributed by atoms with Crippen molar-refractivity contribution < 1.29 is 0 Å². The fourth-order valence-electron chi connectivity index (χ4n) is 2.48. The third kappa shape index (κ3) is 3.68. The Morgan fingerprint density at radius 1 is 1.40 bits per heavy atom. The third-order valence-corrected chi connectivity index (χ3v) is 6.09. The minimum atomic E-state index is 0.121. The van der Waals surface area contributed by atoms with E-state index in [1.807, 2.05) is 18.4 Å². The van der Waals surface area contributed by atoms with E-state index in [-0.39, 0.29) is 5.41 Å². The Hall–Kier alpha value is -0.260. The number of nitrogens with one attached hydrogen (secondary N) is 1. The summed E-state index contributed by atoms with van der Waals surface area (Å²) < 4.78 is 0. The van der Waals surface area contributed by atoms with Gasteiger partial charge in [-0.25, -0.2) is 4.98 Å². The van der Waals surface area contributed by atoms with Crippen LogP contribution in [0.2, 0.25) is 0 Å². The standard InChI is InChI=1S/C15H27N3S2/c1-6-11-10-18(7-8-19-11)14-17-13(15(2,3)4)12(20-14)9-16-5/h11,16H,6-10H2,1-5H3. The molecule has 2 rings (SSSR count). The summed E-state index contributed by atoms with van der Waals surface area (Å²) in [5.41, 5.74) is 1.38. The molecule has 1 aromatic heterocycles. The molecule has 0 aromatic carbocycles. The Morgan fingerprint density at radius 2 is 2.15 bits per heavy atom. The lowest BCUT2D eigenvalue weighted by Gasteiger charge is -2.31. The topological polar surface area (TPSA) is 28.2 Å². The molecule has 3 nitrogen and oxygen atoms in total. The molecule has 0 radical (unpaired) electrons. The van der Waals surface area contributed by atoms with Crippen molar-refractivity contribution in [2.75, 3.05) is 30.8 Å². The second kappa shape index (κ2) is 6.67. The van der Waals surface area contributed by atoms with E-state index in [1.54, 1.807) is 0 Å². The number of aromatic nitrogens is 1. The Bertz CT molecular complexity index is 437. The van der Waals surface area contributed by atoms with Gasteiger partial charge in [0.25, 0.3) is 0 Å². The van der Waals surface area contributed by atoms with Gasteiger partial charge < -0.3 is 10.2 Å². The molecule has 2 heterocycles. The van der Waals surface area contributed by atoms with Crippen LogP contribution >= 0.6 is 23.1 Å². The number of anilines is 1. The zero-order chi connectivity index (χ0) is 14.8. The summed E-state index contributed by atoms with van der Waals surface area (Å²) in [5.74, 6) is 1.23. The van der Waals surface area contributed by atoms with Crippen LogP contribution in [0, 0.1) is 0 Å². The molecule has 1 aliphatic heterocycles. The van der Waals surface area contributed by atoms with Crippen LogP contribution in [0.1, 0.15) is 44.7 Å². The molecule has 0 amide bonds. The molecule has 1 saturated heterocycles. The van der Waals surface area contributed by atoms with Gasteiger partial charge in [-0.1, -0.05) is 27.7 Å². The predicted molar refractivity (Wildman–Crippen MR) is 92.3 cm³/mol. The fraction of sp³-hybridized carbons (Fsp3) is 0.800. The van der Waals surface area contributed by atoms with Crippen LogP contribution in [0.5, 0.6) is 0 Å².